The fraction of sp³-hybridized carbons (Fsp3) is 0.562. The third-order valence-electron chi connectivity index (χ3n) is 3.90. The Labute approximate surface area is 135 Å². The van der Waals surface area contributed by atoms with Gasteiger partial charge in [-0.2, -0.15) is 0 Å². The van der Waals surface area contributed by atoms with Crippen molar-refractivity contribution in [3.05, 3.63) is 32.9 Å². The van der Waals surface area contributed by atoms with Crippen molar-refractivity contribution in [1.82, 2.24) is 10.2 Å². The number of rotatable bonds is 4. The van der Waals surface area contributed by atoms with E-state index in [1.807, 2.05) is 12.1 Å². The minimum Gasteiger partial charge on any atom is -0.336 e. The molecule has 1 saturated heterocycles. The summed E-state index contributed by atoms with van der Waals surface area (Å²) in [6, 6.07) is 6.39. The van der Waals surface area contributed by atoms with Gasteiger partial charge in [0.1, 0.15) is 0 Å². The molecule has 4 heteroatoms. The molecule has 1 aliphatic rings. The molecule has 0 radical (unpaired) electrons. The highest BCUT2D eigenvalue weighted by Crippen LogP contribution is 2.21. The van der Waals surface area contributed by atoms with Gasteiger partial charge in [-0.3, -0.25) is 4.79 Å². The van der Waals surface area contributed by atoms with Crippen LogP contribution in [0, 0.1) is 10.5 Å². The lowest BCUT2D eigenvalue weighted by Crippen LogP contribution is -2.46. The van der Waals surface area contributed by atoms with Crippen molar-refractivity contribution in [1.29, 1.82) is 0 Å². The number of carbonyl (C=O) groups is 1. The van der Waals surface area contributed by atoms with Gasteiger partial charge < -0.3 is 10.2 Å². The molecule has 2 rings (SSSR count). The van der Waals surface area contributed by atoms with Crippen LogP contribution in [-0.4, -0.2) is 36.5 Å². The van der Waals surface area contributed by atoms with Gasteiger partial charge in [0.05, 0.1) is 5.56 Å². The first-order valence-corrected chi connectivity index (χ1v) is 8.49. The Morgan fingerprint density at radius 3 is 2.75 bits per heavy atom. The number of nitrogens with one attached hydrogen (secondary N) is 1. The van der Waals surface area contributed by atoms with Gasteiger partial charge in [0.2, 0.25) is 0 Å². The first kappa shape index (κ1) is 15.8. The number of hydrogen-bond acceptors (Lipinski definition) is 2. The summed E-state index contributed by atoms with van der Waals surface area (Å²) in [5, 5.41) is 3.37. The van der Waals surface area contributed by atoms with Gasteiger partial charge in [0, 0.05) is 16.2 Å². The average molecular weight is 386 g/mol. The van der Waals surface area contributed by atoms with Crippen LogP contribution < -0.4 is 5.32 Å². The van der Waals surface area contributed by atoms with Crippen molar-refractivity contribution in [2.24, 2.45) is 0 Å². The molecule has 0 aromatic heterocycles. The summed E-state index contributed by atoms with van der Waals surface area (Å²) >= 11 is 2.29. The van der Waals surface area contributed by atoms with Crippen molar-refractivity contribution >= 4 is 28.5 Å². The number of benzene rings is 1. The Balaban J connectivity index is 2.23. The van der Waals surface area contributed by atoms with Crippen molar-refractivity contribution < 1.29 is 4.79 Å². The molecule has 0 bridgehead atoms. The van der Waals surface area contributed by atoms with Crippen LogP contribution >= 0.6 is 22.6 Å². The summed E-state index contributed by atoms with van der Waals surface area (Å²) in [6.07, 6.45) is 3.14. The number of halogens is 1. The molecular formula is C16H23IN2O. The Bertz CT molecular complexity index is 470. The lowest BCUT2D eigenvalue weighted by atomic mass is 10.0. The van der Waals surface area contributed by atoms with Crippen LogP contribution in [-0.2, 0) is 0 Å². The van der Waals surface area contributed by atoms with Crippen LogP contribution in [0.4, 0.5) is 0 Å². The predicted octanol–water partition coefficient (Wildman–Crippen LogP) is 3.20. The lowest BCUT2D eigenvalue weighted by molar-refractivity contribution is 0.0641. The third kappa shape index (κ3) is 3.52. The SMILES string of the molecule is CCCN(C(=O)c1cccc(C)c1I)C1CCNCC1. The van der Waals surface area contributed by atoms with Gasteiger partial charge in [-0.05, 0) is 73.5 Å². The summed E-state index contributed by atoms with van der Waals surface area (Å²) < 4.78 is 1.09. The van der Waals surface area contributed by atoms with Crippen molar-refractivity contribution in [3.63, 3.8) is 0 Å². The number of amides is 1. The molecule has 1 amide bonds. The molecule has 20 heavy (non-hydrogen) atoms. The number of carbonyl (C=O) groups excluding carboxylic acids is 1. The van der Waals surface area contributed by atoms with E-state index in [2.05, 4.69) is 52.7 Å². The first-order valence-electron chi connectivity index (χ1n) is 7.42. The molecule has 1 aromatic carbocycles. The van der Waals surface area contributed by atoms with E-state index in [9.17, 15) is 4.79 Å². The highest BCUT2D eigenvalue weighted by Gasteiger charge is 2.26. The number of piperidine rings is 1. The highest BCUT2D eigenvalue weighted by molar-refractivity contribution is 14.1. The second-order valence-electron chi connectivity index (χ2n) is 5.42. The predicted molar refractivity (Wildman–Crippen MR) is 91.1 cm³/mol. The highest BCUT2D eigenvalue weighted by atomic mass is 127. The normalized spacial score (nSPS) is 16.1. The van der Waals surface area contributed by atoms with Gasteiger partial charge in [-0.15, -0.1) is 0 Å². The maximum absolute atomic E-state index is 12.9. The van der Waals surface area contributed by atoms with Crippen molar-refractivity contribution in [2.75, 3.05) is 19.6 Å². The largest absolute Gasteiger partial charge is 0.336 e. The zero-order valence-electron chi connectivity index (χ0n) is 12.3. The Morgan fingerprint density at radius 1 is 1.40 bits per heavy atom. The third-order valence-corrected chi connectivity index (χ3v) is 5.33. The standard InChI is InChI=1S/C16H23IN2O/c1-3-11-19(13-7-9-18-10-8-13)16(20)14-6-4-5-12(2)15(14)17/h4-6,13,18H,3,7-11H2,1-2H3. The fourth-order valence-corrected chi connectivity index (χ4v) is 3.37. The van der Waals surface area contributed by atoms with Crippen LogP contribution in [0.1, 0.15) is 42.1 Å². The molecule has 0 aliphatic carbocycles. The van der Waals surface area contributed by atoms with Crippen LogP contribution in [0.25, 0.3) is 0 Å². The average Bonchev–Trinajstić information content (AvgIpc) is 2.48. The van der Waals surface area contributed by atoms with Crippen molar-refractivity contribution in [2.45, 2.75) is 39.2 Å². The number of nitrogens with zero attached hydrogens (tertiary/aromatic N) is 1. The zero-order valence-corrected chi connectivity index (χ0v) is 14.4. The molecule has 3 nitrogen and oxygen atoms in total. The smallest absolute Gasteiger partial charge is 0.255 e. The molecule has 0 spiro atoms. The van der Waals surface area contributed by atoms with E-state index < -0.39 is 0 Å². The Morgan fingerprint density at radius 2 is 2.10 bits per heavy atom. The number of hydrogen-bond donors (Lipinski definition) is 1. The summed E-state index contributed by atoms with van der Waals surface area (Å²) in [7, 11) is 0. The minimum atomic E-state index is 0.201. The van der Waals surface area contributed by atoms with Gasteiger partial charge in [0.25, 0.3) is 5.91 Å². The van der Waals surface area contributed by atoms with Crippen LogP contribution in [0.2, 0.25) is 0 Å². The second-order valence-corrected chi connectivity index (χ2v) is 6.49. The van der Waals surface area contributed by atoms with E-state index in [0.29, 0.717) is 6.04 Å². The molecule has 1 aromatic rings. The molecular weight excluding hydrogens is 363 g/mol. The van der Waals surface area contributed by atoms with E-state index in [1.54, 1.807) is 0 Å². The monoisotopic (exact) mass is 386 g/mol. The molecule has 1 heterocycles. The quantitative estimate of drug-likeness (QED) is 0.807. The Hall–Kier alpha value is -0.620. The zero-order chi connectivity index (χ0) is 14.5. The van der Waals surface area contributed by atoms with Crippen LogP contribution in [0.15, 0.2) is 18.2 Å². The van der Waals surface area contributed by atoms with E-state index in [0.717, 1.165) is 48.0 Å². The van der Waals surface area contributed by atoms with Gasteiger partial charge in [-0.1, -0.05) is 19.1 Å². The number of aryl methyl sites for hydroxylation is 1. The first-order chi connectivity index (χ1) is 9.65. The maximum Gasteiger partial charge on any atom is 0.255 e. The second kappa shape index (κ2) is 7.41. The maximum atomic E-state index is 12.9. The van der Waals surface area contributed by atoms with Gasteiger partial charge in [0.15, 0.2) is 0 Å². The summed E-state index contributed by atoms with van der Waals surface area (Å²) in [4.78, 5) is 15.0. The Kier molecular flexibility index (Phi) is 5.84. The molecule has 1 N–H and O–H groups in total. The van der Waals surface area contributed by atoms with Gasteiger partial charge in [-0.25, -0.2) is 0 Å². The minimum absolute atomic E-state index is 0.201. The fourth-order valence-electron chi connectivity index (χ4n) is 2.78. The molecule has 0 atom stereocenters. The molecule has 1 aliphatic heterocycles. The molecule has 0 unspecified atom stereocenters. The van der Waals surface area contributed by atoms with Crippen molar-refractivity contribution in [3.8, 4) is 0 Å². The van der Waals surface area contributed by atoms with Gasteiger partial charge >= 0.3 is 0 Å². The summed E-state index contributed by atoms with van der Waals surface area (Å²) in [5.41, 5.74) is 2.04. The summed E-state index contributed by atoms with van der Waals surface area (Å²) in [5.74, 6) is 0.201. The lowest BCUT2D eigenvalue weighted by Gasteiger charge is -2.35. The molecule has 1 fully saturated rings. The topological polar surface area (TPSA) is 32.3 Å². The van der Waals surface area contributed by atoms with Crippen LogP contribution in [0.3, 0.4) is 0 Å². The van der Waals surface area contributed by atoms with E-state index in [-0.39, 0.29) is 5.91 Å². The summed E-state index contributed by atoms with van der Waals surface area (Å²) in [6.45, 7) is 7.09. The van der Waals surface area contributed by atoms with E-state index >= 15 is 0 Å². The molecule has 110 valence electrons. The van der Waals surface area contributed by atoms with E-state index in [4.69, 9.17) is 0 Å². The molecule has 0 saturated carbocycles. The van der Waals surface area contributed by atoms with E-state index in [1.165, 1.54) is 5.56 Å². The van der Waals surface area contributed by atoms with Crippen LogP contribution in [0.5, 0.6) is 0 Å².